The first kappa shape index (κ1) is 18.0. The van der Waals surface area contributed by atoms with E-state index in [1.54, 1.807) is 17.0 Å². The smallest absolute Gasteiger partial charge is 0.410 e. The quantitative estimate of drug-likeness (QED) is 0.671. The van der Waals surface area contributed by atoms with Gasteiger partial charge in [0, 0.05) is 25.7 Å². The molecule has 0 aromatic heterocycles. The second-order valence-electron chi connectivity index (χ2n) is 7.24. The minimum atomic E-state index is -0.504. The number of amides is 1. The second-order valence-corrected chi connectivity index (χ2v) is 7.24. The van der Waals surface area contributed by atoms with Gasteiger partial charge in [-0.25, -0.2) is 4.79 Å². The van der Waals surface area contributed by atoms with Crippen molar-refractivity contribution in [2.45, 2.75) is 39.7 Å². The molecule has 1 N–H and O–H groups in total. The van der Waals surface area contributed by atoms with Crippen molar-refractivity contribution in [3.05, 3.63) is 33.9 Å². The normalized spacial score (nSPS) is 17.7. The minimum Gasteiger partial charge on any atom is -0.444 e. The first-order valence-electron chi connectivity index (χ1n) is 8.12. The van der Waals surface area contributed by atoms with Gasteiger partial charge in [-0.05, 0) is 51.7 Å². The first-order valence-corrected chi connectivity index (χ1v) is 8.12. The van der Waals surface area contributed by atoms with Crippen LogP contribution < -0.4 is 5.32 Å². The van der Waals surface area contributed by atoms with Gasteiger partial charge in [0.1, 0.15) is 11.3 Å². The first-order chi connectivity index (χ1) is 11.2. The summed E-state index contributed by atoms with van der Waals surface area (Å²) in [4.78, 5) is 24.5. The molecule has 0 radical (unpaired) electrons. The lowest BCUT2D eigenvalue weighted by Gasteiger charge is -2.24. The van der Waals surface area contributed by atoms with Crippen molar-refractivity contribution in [3.8, 4) is 0 Å². The van der Waals surface area contributed by atoms with Gasteiger partial charge in [0.15, 0.2) is 0 Å². The van der Waals surface area contributed by atoms with Crippen LogP contribution in [0.5, 0.6) is 0 Å². The molecule has 2 rings (SSSR count). The molecule has 1 aromatic rings. The predicted molar refractivity (Wildman–Crippen MR) is 92.2 cm³/mol. The van der Waals surface area contributed by atoms with Crippen LogP contribution in [0.15, 0.2) is 18.2 Å². The summed E-state index contributed by atoms with van der Waals surface area (Å²) in [6.07, 6.45) is 0.554. The Morgan fingerprint density at radius 3 is 2.79 bits per heavy atom. The molecule has 1 heterocycles. The molecule has 1 aromatic carbocycles. The van der Waals surface area contributed by atoms with Crippen molar-refractivity contribution in [3.63, 3.8) is 0 Å². The van der Waals surface area contributed by atoms with E-state index in [1.165, 1.54) is 6.07 Å². The zero-order chi connectivity index (χ0) is 17.9. The Morgan fingerprint density at radius 2 is 2.17 bits per heavy atom. The lowest BCUT2D eigenvalue weighted by atomic mass is 10.1. The summed E-state index contributed by atoms with van der Waals surface area (Å²) in [6, 6.07) is 5.02. The molecule has 0 bridgehead atoms. The van der Waals surface area contributed by atoms with Gasteiger partial charge < -0.3 is 15.0 Å². The monoisotopic (exact) mass is 335 g/mol. The fourth-order valence-electron chi connectivity index (χ4n) is 2.70. The summed E-state index contributed by atoms with van der Waals surface area (Å²) in [5.74, 6) is 0.248. The lowest BCUT2D eigenvalue weighted by molar-refractivity contribution is -0.384. The minimum absolute atomic E-state index is 0.0718. The van der Waals surface area contributed by atoms with E-state index in [9.17, 15) is 14.9 Å². The second kappa shape index (κ2) is 7.07. The van der Waals surface area contributed by atoms with E-state index < -0.39 is 5.60 Å². The molecule has 1 saturated heterocycles. The summed E-state index contributed by atoms with van der Waals surface area (Å²) in [5, 5.41) is 14.3. The van der Waals surface area contributed by atoms with E-state index in [2.05, 4.69) is 5.32 Å². The molecule has 1 aliphatic rings. The van der Waals surface area contributed by atoms with Crippen molar-refractivity contribution in [2.75, 3.05) is 25.0 Å². The SMILES string of the molecule is Cc1ccc([N+](=O)[O-])c(NC[C@@H]2CCN(C(=O)OC(C)(C)C)C2)c1. The van der Waals surface area contributed by atoms with Gasteiger partial charge in [-0.3, -0.25) is 10.1 Å². The Labute approximate surface area is 142 Å². The third kappa shape index (κ3) is 4.84. The number of benzene rings is 1. The molecular formula is C17H25N3O4. The van der Waals surface area contributed by atoms with Crippen LogP contribution in [-0.2, 0) is 4.74 Å². The lowest BCUT2D eigenvalue weighted by Crippen LogP contribution is -2.35. The molecular weight excluding hydrogens is 310 g/mol. The number of hydrogen-bond donors (Lipinski definition) is 1. The average molecular weight is 335 g/mol. The number of nitrogens with zero attached hydrogens (tertiary/aromatic N) is 2. The number of carbonyl (C=O) groups excluding carboxylic acids is 1. The van der Waals surface area contributed by atoms with Gasteiger partial charge in [0.05, 0.1) is 4.92 Å². The maximum Gasteiger partial charge on any atom is 0.410 e. The number of nitro groups is 1. The van der Waals surface area contributed by atoms with Crippen LogP contribution in [0.1, 0.15) is 32.8 Å². The van der Waals surface area contributed by atoms with E-state index >= 15 is 0 Å². The van der Waals surface area contributed by atoms with Gasteiger partial charge in [-0.15, -0.1) is 0 Å². The summed E-state index contributed by atoms with van der Waals surface area (Å²) < 4.78 is 5.38. The molecule has 7 heteroatoms. The molecule has 1 amide bonds. The van der Waals surface area contributed by atoms with Crippen LogP contribution in [0.4, 0.5) is 16.2 Å². The number of rotatable bonds is 4. The number of carbonyl (C=O) groups is 1. The van der Waals surface area contributed by atoms with Crippen LogP contribution >= 0.6 is 0 Å². The van der Waals surface area contributed by atoms with E-state index in [1.807, 2.05) is 27.7 Å². The summed E-state index contributed by atoms with van der Waals surface area (Å²) in [5.41, 5.74) is 1.05. The fraction of sp³-hybridized carbons (Fsp3) is 0.588. The van der Waals surface area contributed by atoms with Crippen LogP contribution in [0.25, 0.3) is 0 Å². The Bertz CT molecular complexity index is 625. The van der Waals surface area contributed by atoms with E-state index in [0.29, 0.717) is 25.3 Å². The third-order valence-corrected chi connectivity index (χ3v) is 3.87. The molecule has 24 heavy (non-hydrogen) atoms. The maximum atomic E-state index is 12.1. The average Bonchev–Trinajstić information content (AvgIpc) is 2.92. The van der Waals surface area contributed by atoms with E-state index in [0.717, 1.165) is 12.0 Å². The number of likely N-dealkylation sites (tertiary alicyclic amines) is 1. The Balaban J connectivity index is 1.92. The number of nitrogens with one attached hydrogen (secondary N) is 1. The van der Waals surface area contributed by atoms with Crippen LogP contribution in [0.3, 0.4) is 0 Å². The Kier molecular flexibility index (Phi) is 5.31. The topological polar surface area (TPSA) is 84.7 Å². The van der Waals surface area contributed by atoms with Gasteiger partial charge in [0.25, 0.3) is 5.69 Å². The summed E-state index contributed by atoms with van der Waals surface area (Å²) >= 11 is 0. The largest absolute Gasteiger partial charge is 0.444 e. The summed E-state index contributed by atoms with van der Waals surface area (Å²) in [6.45, 7) is 9.27. The highest BCUT2D eigenvalue weighted by Crippen LogP contribution is 2.27. The van der Waals surface area contributed by atoms with Gasteiger partial charge >= 0.3 is 6.09 Å². The van der Waals surface area contributed by atoms with Crippen molar-refractivity contribution in [1.29, 1.82) is 0 Å². The number of anilines is 1. The van der Waals surface area contributed by atoms with Crippen molar-refractivity contribution < 1.29 is 14.5 Å². The Hall–Kier alpha value is -2.31. The van der Waals surface area contributed by atoms with E-state index in [-0.39, 0.29) is 22.6 Å². The third-order valence-electron chi connectivity index (χ3n) is 3.87. The van der Waals surface area contributed by atoms with Gasteiger partial charge in [-0.2, -0.15) is 0 Å². The number of ether oxygens (including phenoxy) is 1. The fourth-order valence-corrected chi connectivity index (χ4v) is 2.70. The molecule has 0 saturated carbocycles. The molecule has 1 aliphatic heterocycles. The van der Waals surface area contributed by atoms with Crippen LogP contribution in [0, 0.1) is 23.0 Å². The number of aryl methyl sites for hydroxylation is 1. The van der Waals surface area contributed by atoms with Crippen molar-refractivity contribution in [1.82, 2.24) is 4.90 Å². The zero-order valence-electron chi connectivity index (χ0n) is 14.7. The van der Waals surface area contributed by atoms with Gasteiger partial charge in [0.2, 0.25) is 0 Å². The predicted octanol–water partition coefficient (Wildman–Crippen LogP) is 3.57. The zero-order valence-corrected chi connectivity index (χ0v) is 14.7. The number of nitro benzene ring substituents is 1. The standard InChI is InChI=1S/C17H25N3O4/c1-12-5-6-15(20(22)23)14(9-12)18-10-13-7-8-19(11-13)16(21)24-17(2,3)4/h5-6,9,13,18H,7-8,10-11H2,1-4H3/t13-/m0/s1. The van der Waals surface area contributed by atoms with Crippen LogP contribution in [-0.4, -0.2) is 41.2 Å². The molecule has 1 atom stereocenters. The molecule has 0 unspecified atom stereocenters. The van der Waals surface area contributed by atoms with Crippen LogP contribution in [0.2, 0.25) is 0 Å². The molecule has 1 fully saturated rings. The molecule has 132 valence electrons. The van der Waals surface area contributed by atoms with Gasteiger partial charge in [-0.1, -0.05) is 6.07 Å². The van der Waals surface area contributed by atoms with Crippen molar-refractivity contribution in [2.24, 2.45) is 5.92 Å². The van der Waals surface area contributed by atoms with Crippen molar-refractivity contribution >= 4 is 17.5 Å². The Morgan fingerprint density at radius 1 is 1.46 bits per heavy atom. The van der Waals surface area contributed by atoms with E-state index in [4.69, 9.17) is 4.74 Å². The summed E-state index contributed by atoms with van der Waals surface area (Å²) in [7, 11) is 0. The number of hydrogen-bond acceptors (Lipinski definition) is 5. The highest BCUT2D eigenvalue weighted by molar-refractivity contribution is 5.68. The molecule has 0 spiro atoms. The highest BCUT2D eigenvalue weighted by Gasteiger charge is 2.29. The molecule has 7 nitrogen and oxygen atoms in total. The highest BCUT2D eigenvalue weighted by atomic mass is 16.6. The molecule has 0 aliphatic carbocycles. The maximum absolute atomic E-state index is 12.1.